The molecule has 0 aromatic carbocycles. The first kappa shape index (κ1) is 11.8. The molecule has 0 spiro atoms. The van der Waals surface area contributed by atoms with Crippen molar-refractivity contribution in [3.8, 4) is 5.82 Å². The van der Waals surface area contributed by atoms with Crippen LogP contribution in [0, 0.1) is 11.7 Å². The Balaban J connectivity index is 2.43. The van der Waals surface area contributed by atoms with Gasteiger partial charge in [-0.2, -0.15) is 13.2 Å². The molecule has 0 aliphatic rings. The average molecular weight is 260 g/mol. The highest BCUT2D eigenvalue weighted by Crippen LogP contribution is 2.28. The largest absolute Gasteiger partial charge is 0.417 e. The van der Waals surface area contributed by atoms with Gasteiger partial charge in [-0.1, -0.05) is 0 Å². The number of rotatable bonds is 1. The number of hydrogen-bond acceptors (Lipinski definition) is 3. The van der Waals surface area contributed by atoms with Crippen molar-refractivity contribution in [1.29, 1.82) is 0 Å². The molecule has 0 bridgehead atoms. The molecular weight excluding hydrogens is 253 g/mol. The van der Waals surface area contributed by atoms with Crippen LogP contribution in [0.2, 0.25) is 0 Å². The summed E-state index contributed by atoms with van der Waals surface area (Å²) in [6.07, 6.45) is -3.62. The van der Waals surface area contributed by atoms with Crippen LogP contribution in [0.5, 0.6) is 0 Å². The molecule has 0 amide bonds. The van der Waals surface area contributed by atoms with Crippen molar-refractivity contribution in [1.82, 2.24) is 19.7 Å². The molecule has 0 fully saturated rings. The van der Waals surface area contributed by atoms with Crippen molar-refractivity contribution >= 4 is 12.2 Å². The minimum atomic E-state index is -4.39. The van der Waals surface area contributed by atoms with Gasteiger partial charge in [0.25, 0.3) is 0 Å². The minimum absolute atomic E-state index is 0.254. The highest BCUT2D eigenvalue weighted by Gasteiger charge is 2.30. The van der Waals surface area contributed by atoms with E-state index in [0.717, 1.165) is 12.3 Å². The molecule has 0 saturated heterocycles. The van der Waals surface area contributed by atoms with Gasteiger partial charge in [0.1, 0.15) is 5.82 Å². The van der Waals surface area contributed by atoms with Crippen molar-refractivity contribution < 1.29 is 13.2 Å². The third kappa shape index (κ3) is 2.36. The van der Waals surface area contributed by atoms with E-state index in [4.69, 9.17) is 12.2 Å². The van der Waals surface area contributed by atoms with Gasteiger partial charge >= 0.3 is 6.18 Å². The maximum atomic E-state index is 12.3. The van der Waals surface area contributed by atoms with Crippen LogP contribution < -0.4 is 0 Å². The molecule has 2 aromatic rings. The molecule has 2 rings (SSSR count). The second-order valence-electron chi connectivity index (χ2n) is 3.31. The molecule has 90 valence electrons. The first-order chi connectivity index (χ1) is 7.88. The Morgan fingerprint density at radius 3 is 2.47 bits per heavy atom. The zero-order valence-corrected chi connectivity index (χ0v) is 9.43. The summed E-state index contributed by atoms with van der Waals surface area (Å²) >= 11 is 4.81. The molecule has 17 heavy (non-hydrogen) atoms. The van der Waals surface area contributed by atoms with Gasteiger partial charge in [0.2, 0.25) is 4.77 Å². The Kier molecular flexibility index (Phi) is 2.74. The molecule has 0 radical (unpaired) electrons. The smallest absolute Gasteiger partial charge is 0.265 e. The number of nitrogens with one attached hydrogen (secondary N) is 1. The van der Waals surface area contributed by atoms with Gasteiger partial charge in [-0.05, 0) is 31.3 Å². The summed E-state index contributed by atoms with van der Waals surface area (Å²) < 4.78 is 38.6. The lowest BCUT2D eigenvalue weighted by Gasteiger charge is -2.07. The van der Waals surface area contributed by atoms with Crippen LogP contribution >= 0.6 is 12.2 Å². The SMILES string of the molecule is Cc1nc(=S)[nH]n1-c1ccc(C(F)(F)F)cn1. The lowest BCUT2D eigenvalue weighted by Crippen LogP contribution is -2.07. The number of aryl methyl sites for hydroxylation is 1. The van der Waals surface area contributed by atoms with Crippen LogP contribution in [0.25, 0.3) is 5.82 Å². The van der Waals surface area contributed by atoms with Gasteiger partial charge in [-0.3, -0.25) is 5.10 Å². The quantitative estimate of drug-likeness (QED) is 0.802. The van der Waals surface area contributed by atoms with Crippen LogP contribution in [0.1, 0.15) is 11.4 Å². The van der Waals surface area contributed by atoms with Crippen LogP contribution in [0.4, 0.5) is 13.2 Å². The lowest BCUT2D eigenvalue weighted by molar-refractivity contribution is -0.137. The average Bonchev–Trinajstić information content (AvgIpc) is 2.57. The Morgan fingerprint density at radius 2 is 2.06 bits per heavy atom. The van der Waals surface area contributed by atoms with Gasteiger partial charge in [-0.25, -0.2) is 14.6 Å². The zero-order chi connectivity index (χ0) is 12.6. The van der Waals surface area contributed by atoms with Crippen LogP contribution in [0.3, 0.4) is 0 Å². The molecule has 4 nitrogen and oxygen atoms in total. The summed E-state index contributed by atoms with van der Waals surface area (Å²) in [6.45, 7) is 1.67. The van der Waals surface area contributed by atoms with Crippen LogP contribution in [-0.2, 0) is 6.18 Å². The molecule has 8 heteroatoms. The fraction of sp³-hybridized carbons (Fsp3) is 0.222. The van der Waals surface area contributed by atoms with Gasteiger partial charge < -0.3 is 0 Å². The molecular formula is C9H7F3N4S. The van der Waals surface area contributed by atoms with Crippen molar-refractivity contribution in [2.24, 2.45) is 0 Å². The number of halogens is 3. The summed E-state index contributed by atoms with van der Waals surface area (Å²) in [4.78, 5) is 7.63. The number of H-pyrrole nitrogens is 1. The number of pyridine rings is 1. The Bertz CT molecular complexity index is 582. The van der Waals surface area contributed by atoms with Crippen molar-refractivity contribution in [2.75, 3.05) is 0 Å². The topological polar surface area (TPSA) is 46.5 Å². The van der Waals surface area contributed by atoms with Gasteiger partial charge in [0.05, 0.1) is 5.56 Å². The number of aromatic amines is 1. The van der Waals surface area contributed by atoms with E-state index >= 15 is 0 Å². The minimum Gasteiger partial charge on any atom is -0.265 e. The molecule has 2 aromatic heterocycles. The van der Waals surface area contributed by atoms with E-state index in [1.807, 2.05) is 0 Å². The summed E-state index contributed by atoms with van der Waals surface area (Å²) in [5.74, 6) is 0.835. The molecule has 0 unspecified atom stereocenters. The maximum Gasteiger partial charge on any atom is 0.417 e. The van der Waals surface area contributed by atoms with Crippen LogP contribution in [0.15, 0.2) is 18.3 Å². The predicted molar refractivity (Wildman–Crippen MR) is 56.3 cm³/mol. The normalized spacial score (nSPS) is 11.8. The predicted octanol–water partition coefficient (Wildman–Crippen LogP) is 2.65. The van der Waals surface area contributed by atoms with Gasteiger partial charge in [0.15, 0.2) is 5.82 Å². The first-order valence-electron chi connectivity index (χ1n) is 4.57. The summed E-state index contributed by atoms with van der Waals surface area (Å²) in [7, 11) is 0. The highest BCUT2D eigenvalue weighted by molar-refractivity contribution is 7.71. The molecule has 0 aliphatic heterocycles. The second kappa shape index (κ2) is 3.95. The first-order valence-corrected chi connectivity index (χ1v) is 4.98. The van der Waals surface area contributed by atoms with Gasteiger partial charge in [-0.15, -0.1) is 0 Å². The number of aromatic nitrogens is 4. The van der Waals surface area contributed by atoms with E-state index in [0.29, 0.717) is 11.6 Å². The monoisotopic (exact) mass is 260 g/mol. The molecule has 2 heterocycles. The fourth-order valence-corrected chi connectivity index (χ4v) is 1.53. The Labute approximate surface area is 99.1 Å². The number of alkyl halides is 3. The molecule has 0 atom stereocenters. The summed E-state index contributed by atoms with van der Waals surface area (Å²) in [5, 5.41) is 2.70. The van der Waals surface area contributed by atoms with E-state index in [1.165, 1.54) is 10.7 Å². The van der Waals surface area contributed by atoms with E-state index in [2.05, 4.69) is 15.1 Å². The van der Waals surface area contributed by atoms with E-state index in [1.54, 1.807) is 6.92 Å². The Morgan fingerprint density at radius 1 is 1.35 bits per heavy atom. The highest BCUT2D eigenvalue weighted by atomic mass is 32.1. The zero-order valence-electron chi connectivity index (χ0n) is 8.62. The third-order valence-corrected chi connectivity index (χ3v) is 2.28. The van der Waals surface area contributed by atoms with E-state index in [9.17, 15) is 13.2 Å². The number of hydrogen-bond donors (Lipinski definition) is 1. The van der Waals surface area contributed by atoms with E-state index < -0.39 is 11.7 Å². The molecule has 0 aliphatic carbocycles. The third-order valence-electron chi connectivity index (χ3n) is 2.10. The maximum absolute atomic E-state index is 12.3. The van der Waals surface area contributed by atoms with E-state index in [-0.39, 0.29) is 4.77 Å². The van der Waals surface area contributed by atoms with Crippen molar-refractivity contribution in [3.63, 3.8) is 0 Å². The standard InChI is InChI=1S/C9H7F3N4S/c1-5-14-8(17)15-16(5)7-3-2-6(4-13-7)9(10,11)12/h2-4H,1H3,(H,15,17). The molecule has 1 N–H and O–H groups in total. The van der Waals surface area contributed by atoms with Gasteiger partial charge in [0, 0.05) is 6.20 Å². The second-order valence-corrected chi connectivity index (χ2v) is 3.70. The molecule has 0 saturated carbocycles. The number of nitrogens with zero attached hydrogens (tertiary/aromatic N) is 3. The van der Waals surface area contributed by atoms with Crippen molar-refractivity contribution in [2.45, 2.75) is 13.1 Å². The van der Waals surface area contributed by atoms with Crippen molar-refractivity contribution in [3.05, 3.63) is 34.5 Å². The lowest BCUT2D eigenvalue weighted by atomic mass is 10.3. The summed E-state index contributed by atoms with van der Waals surface area (Å²) in [6, 6.07) is 2.21. The van der Waals surface area contributed by atoms with Crippen LogP contribution in [-0.4, -0.2) is 19.7 Å². The fourth-order valence-electron chi connectivity index (χ4n) is 1.31. The Hall–Kier alpha value is -1.70. The summed E-state index contributed by atoms with van der Waals surface area (Å²) in [5.41, 5.74) is -0.794.